The van der Waals surface area contributed by atoms with E-state index in [2.05, 4.69) is 4.72 Å². The van der Waals surface area contributed by atoms with Crippen molar-refractivity contribution in [2.75, 3.05) is 18.3 Å². The van der Waals surface area contributed by atoms with Gasteiger partial charge in [0.25, 0.3) is 15.9 Å². The summed E-state index contributed by atoms with van der Waals surface area (Å²) in [6.07, 6.45) is 0. The number of ether oxygens (including phenoxy) is 1. The maximum absolute atomic E-state index is 12.8. The highest BCUT2D eigenvalue weighted by atomic mass is 32.2. The molecule has 0 unspecified atom stereocenters. The molecule has 1 amide bonds. The third-order valence-corrected chi connectivity index (χ3v) is 5.46. The Kier molecular flexibility index (Phi) is 7.06. The van der Waals surface area contributed by atoms with Crippen molar-refractivity contribution in [3.63, 3.8) is 0 Å². The van der Waals surface area contributed by atoms with Crippen LogP contribution in [0.5, 0.6) is 5.75 Å². The molecule has 2 rings (SSSR count). The van der Waals surface area contributed by atoms with E-state index in [0.29, 0.717) is 0 Å². The number of carboxylic acids is 1. The molecule has 0 bridgehead atoms. The molecule has 0 spiro atoms. The molecule has 0 fully saturated rings. The van der Waals surface area contributed by atoms with Crippen molar-refractivity contribution in [1.29, 1.82) is 0 Å². The van der Waals surface area contributed by atoms with Crippen LogP contribution in [0.25, 0.3) is 0 Å². The summed E-state index contributed by atoms with van der Waals surface area (Å²) in [5.41, 5.74) is -0.699. The predicted octanol–water partition coefficient (Wildman–Crippen LogP) is 2.60. The summed E-state index contributed by atoms with van der Waals surface area (Å²) >= 11 is 0. The second-order valence-corrected chi connectivity index (χ2v) is 9.50. The smallest absolute Gasteiger partial charge is 0.323 e. The molecule has 0 saturated carbocycles. The molecule has 31 heavy (non-hydrogen) atoms. The van der Waals surface area contributed by atoms with Gasteiger partial charge in [-0.05, 0) is 57.2 Å². The Morgan fingerprint density at radius 2 is 1.61 bits per heavy atom. The number of benzene rings is 2. The van der Waals surface area contributed by atoms with Crippen LogP contribution in [0.4, 0.5) is 5.69 Å². The molecule has 0 atom stereocenters. The maximum Gasteiger partial charge on any atom is 0.323 e. The summed E-state index contributed by atoms with van der Waals surface area (Å²) in [7, 11) is -2.76. The first-order chi connectivity index (χ1) is 14.3. The van der Waals surface area contributed by atoms with E-state index in [4.69, 9.17) is 9.84 Å². The molecule has 0 radical (unpaired) electrons. The summed E-state index contributed by atoms with van der Waals surface area (Å²) in [4.78, 5) is 36.2. The minimum Gasteiger partial charge on any atom is -0.480 e. The average Bonchev–Trinajstić information content (AvgIpc) is 2.66. The van der Waals surface area contributed by atoms with Gasteiger partial charge in [-0.15, -0.1) is 0 Å². The largest absolute Gasteiger partial charge is 0.480 e. The molecule has 0 aliphatic heterocycles. The molecule has 2 aromatic carbocycles. The minimum absolute atomic E-state index is 0.00514. The number of sulfonamides is 1. The van der Waals surface area contributed by atoms with Crippen LogP contribution in [0, 0.1) is 5.41 Å². The highest BCUT2D eigenvalue weighted by molar-refractivity contribution is 7.92. The van der Waals surface area contributed by atoms with E-state index in [0.717, 1.165) is 4.90 Å². The van der Waals surface area contributed by atoms with E-state index >= 15 is 0 Å². The number of anilines is 1. The monoisotopic (exact) mass is 448 g/mol. The number of nitrogens with zero attached hydrogens (tertiary/aromatic N) is 1. The minimum atomic E-state index is -4.07. The van der Waals surface area contributed by atoms with E-state index in [1.54, 1.807) is 26.8 Å². The topological polar surface area (TPSA) is 130 Å². The molecular weight excluding hydrogens is 424 g/mol. The molecule has 9 nitrogen and oxygen atoms in total. The highest BCUT2D eigenvalue weighted by Gasteiger charge is 2.24. The first-order valence-corrected chi connectivity index (χ1v) is 10.7. The van der Waals surface area contributed by atoms with Crippen LogP contribution in [-0.2, 0) is 19.6 Å². The van der Waals surface area contributed by atoms with Crippen molar-refractivity contribution >= 4 is 33.6 Å². The normalized spacial score (nSPS) is 11.5. The van der Waals surface area contributed by atoms with Gasteiger partial charge in [0.2, 0.25) is 0 Å². The summed E-state index contributed by atoms with van der Waals surface area (Å²) in [5, 5.41) is 8.87. The fraction of sp³-hybridized carbons (Fsp3) is 0.286. The molecule has 2 aromatic rings. The lowest BCUT2D eigenvalue weighted by Gasteiger charge is -2.18. The van der Waals surface area contributed by atoms with Crippen molar-refractivity contribution in [3.8, 4) is 5.75 Å². The Balaban J connectivity index is 2.24. The third-order valence-electron chi connectivity index (χ3n) is 4.08. The number of esters is 1. The lowest BCUT2D eigenvalue weighted by molar-refractivity contribution is -0.143. The molecule has 0 heterocycles. The maximum atomic E-state index is 12.8. The Labute approximate surface area is 180 Å². The first-order valence-electron chi connectivity index (χ1n) is 9.23. The summed E-state index contributed by atoms with van der Waals surface area (Å²) in [6.45, 7) is 4.56. The number of hydrogen-bond donors (Lipinski definition) is 2. The molecular formula is C21H24N2O7S. The molecule has 0 aliphatic rings. The van der Waals surface area contributed by atoms with E-state index in [1.807, 2.05) is 0 Å². The number of nitrogens with one attached hydrogen (secondary N) is 1. The Morgan fingerprint density at radius 3 is 2.16 bits per heavy atom. The predicted molar refractivity (Wildman–Crippen MR) is 113 cm³/mol. The third kappa shape index (κ3) is 6.29. The fourth-order valence-corrected chi connectivity index (χ4v) is 3.47. The summed E-state index contributed by atoms with van der Waals surface area (Å²) in [6, 6.07) is 11.1. The van der Waals surface area contributed by atoms with Crippen molar-refractivity contribution in [2.45, 2.75) is 25.7 Å². The zero-order valence-electron chi connectivity index (χ0n) is 17.6. The quantitative estimate of drug-likeness (QED) is 0.492. The van der Waals surface area contributed by atoms with Crippen molar-refractivity contribution in [1.82, 2.24) is 4.90 Å². The number of para-hydroxylation sites is 1. The molecule has 0 saturated heterocycles. The number of carbonyl (C=O) groups excluding carboxylic acids is 2. The van der Waals surface area contributed by atoms with Crippen LogP contribution in [0.2, 0.25) is 0 Å². The van der Waals surface area contributed by atoms with E-state index in [9.17, 15) is 22.8 Å². The van der Waals surface area contributed by atoms with Crippen LogP contribution >= 0.6 is 0 Å². The van der Waals surface area contributed by atoms with E-state index in [-0.39, 0.29) is 21.9 Å². The number of aliphatic carboxylic acids is 1. The zero-order chi connectivity index (χ0) is 23.4. The number of carboxylic acid groups (broad SMARTS) is 1. The second-order valence-electron chi connectivity index (χ2n) is 7.82. The van der Waals surface area contributed by atoms with Crippen molar-refractivity contribution < 1.29 is 32.6 Å². The Hall–Kier alpha value is -3.40. The first kappa shape index (κ1) is 23.9. The summed E-state index contributed by atoms with van der Waals surface area (Å²) in [5.74, 6) is -2.10. The van der Waals surface area contributed by atoms with Gasteiger partial charge in [0.15, 0.2) is 0 Å². The molecule has 166 valence electrons. The number of likely N-dealkylation sites (N-methyl/N-ethyl adjacent to an activating group) is 1. The van der Waals surface area contributed by atoms with Gasteiger partial charge in [-0.25, -0.2) is 8.42 Å². The van der Waals surface area contributed by atoms with Gasteiger partial charge in [0.05, 0.1) is 21.6 Å². The standard InChI is InChI=1S/C21H24N2O7S/c1-21(2,3)20(27)30-14-9-11-15(12-10-14)31(28,29)22-17-8-6-5-7-16(17)19(26)23(4)13-18(24)25/h5-12,22H,13H2,1-4H3,(H,24,25). The van der Waals surface area contributed by atoms with Crippen LogP contribution in [0.15, 0.2) is 53.4 Å². The molecule has 0 aliphatic carbocycles. The Bertz CT molecular complexity index is 1090. The molecule has 2 N–H and O–H groups in total. The van der Waals surface area contributed by atoms with Crippen LogP contribution in [0.1, 0.15) is 31.1 Å². The van der Waals surface area contributed by atoms with Gasteiger partial charge < -0.3 is 14.7 Å². The van der Waals surface area contributed by atoms with Gasteiger partial charge in [-0.3, -0.25) is 19.1 Å². The molecule has 0 aromatic heterocycles. The van der Waals surface area contributed by atoms with Crippen LogP contribution < -0.4 is 9.46 Å². The van der Waals surface area contributed by atoms with Crippen molar-refractivity contribution in [3.05, 3.63) is 54.1 Å². The SMILES string of the molecule is CN(CC(=O)O)C(=O)c1ccccc1NS(=O)(=O)c1ccc(OC(=O)C(C)(C)C)cc1. The second kappa shape index (κ2) is 9.17. The van der Waals surface area contributed by atoms with Crippen LogP contribution in [0.3, 0.4) is 0 Å². The van der Waals surface area contributed by atoms with E-state index in [1.165, 1.54) is 49.5 Å². The molecule has 10 heteroatoms. The van der Waals surface area contributed by atoms with Gasteiger partial charge in [0, 0.05) is 7.05 Å². The number of carbonyl (C=O) groups is 3. The summed E-state index contributed by atoms with van der Waals surface area (Å²) < 4.78 is 33.1. The average molecular weight is 448 g/mol. The fourth-order valence-electron chi connectivity index (χ4n) is 2.39. The zero-order valence-corrected chi connectivity index (χ0v) is 18.4. The number of rotatable bonds is 7. The Morgan fingerprint density at radius 1 is 1.03 bits per heavy atom. The number of amides is 1. The van der Waals surface area contributed by atoms with E-state index < -0.39 is 39.8 Å². The van der Waals surface area contributed by atoms with Gasteiger partial charge in [0.1, 0.15) is 12.3 Å². The van der Waals surface area contributed by atoms with Gasteiger partial charge in [-0.1, -0.05) is 12.1 Å². The van der Waals surface area contributed by atoms with Gasteiger partial charge in [-0.2, -0.15) is 0 Å². The lowest BCUT2D eigenvalue weighted by Crippen LogP contribution is -2.32. The van der Waals surface area contributed by atoms with Crippen molar-refractivity contribution in [2.24, 2.45) is 5.41 Å². The lowest BCUT2D eigenvalue weighted by atomic mass is 9.97. The van der Waals surface area contributed by atoms with Crippen LogP contribution in [-0.4, -0.2) is 49.9 Å². The highest BCUT2D eigenvalue weighted by Crippen LogP contribution is 2.24. The van der Waals surface area contributed by atoms with Gasteiger partial charge >= 0.3 is 11.9 Å². The number of hydrogen-bond acceptors (Lipinski definition) is 6.